The Hall–Kier alpha value is -2.52. The van der Waals surface area contributed by atoms with Crippen molar-refractivity contribution in [3.05, 3.63) is 68.5 Å². The quantitative estimate of drug-likeness (QED) is 0.495. The molecule has 24 heavy (non-hydrogen) atoms. The molecular weight excluding hydrogens is 361 g/mol. The Bertz CT molecular complexity index is 911. The van der Waals surface area contributed by atoms with Gasteiger partial charge in [-0.25, -0.2) is 9.22 Å². The van der Waals surface area contributed by atoms with E-state index in [-0.39, 0.29) is 21.2 Å². The predicted octanol–water partition coefficient (Wildman–Crippen LogP) is 3.01. The molecule has 0 radical (unpaired) electrons. The number of rotatable bonds is 5. The van der Waals surface area contributed by atoms with Crippen molar-refractivity contribution in [1.82, 2.24) is 4.83 Å². The van der Waals surface area contributed by atoms with Crippen molar-refractivity contribution < 1.29 is 17.7 Å². The second kappa shape index (κ2) is 6.93. The van der Waals surface area contributed by atoms with E-state index in [1.54, 1.807) is 0 Å². The molecule has 2 rings (SSSR count). The lowest BCUT2D eigenvalue weighted by Gasteiger charge is -2.05. The lowest BCUT2D eigenvalue weighted by Crippen LogP contribution is -2.18. The van der Waals surface area contributed by atoms with Crippen molar-refractivity contribution in [2.75, 3.05) is 0 Å². The molecule has 126 valence electrons. The Morgan fingerprint density at radius 1 is 1.33 bits per heavy atom. The summed E-state index contributed by atoms with van der Waals surface area (Å²) in [5, 5.41) is 14.4. The molecule has 0 aliphatic rings. The van der Waals surface area contributed by atoms with Gasteiger partial charge < -0.3 is 0 Å². The maximum absolute atomic E-state index is 13.6. The lowest BCUT2D eigenvalue weighted by atomic mass is 10.2. The molecule has 0 unspecified atom stereocenters. The van der Waals surface area contributed by atoms with Crippen molar-refractivity contribution in [3.8, 4) is 0 Å². The van der Waals surface area contributed by atoms with Gasteiger partial charge in [-0.3, -0.25) is 10.1 Å². The molecule has 0 spiro atoms. The minimum atomic E-state index is -4.15. The first kappa shape index (κ1) is 17.8. The largest absolute Gasteiger partial charge is 0.276 e. The summed E-state index contributed by atoms with van der Waals surface area (Å²) in [6.45, 7) is 1.49. The van der Waals surface area contributed by atoms with Gasteiger partial charge in [-0.05, 0) is 25.1 Å². The fraction of sp³-hybridized carbons (Fsp3) is 0.0714. The fourth-order valence-electron chi connectivity index (χ4n) is 1.80. The van der Waals surface area contributed by atoms with E-state index in [2.05, 4.69) is 5.10 Å². The molecule has 0 heterocycles. The normalized spacial score (nSPS) is 11.6. The van der Waals surface area contributed by atoms with E-state index in [0.29, 0.717) is 5.56 Å². The van der Waals surface area contributed by atoms with Crippen molar-refractivity contribution in [2.24, 2.45) is 5.10 Å². The number of hydrazone groups is 1. The van der Waals surface area contributed by atoms with Crippen LogP contribution in [-0.2, 0) is 10.0 Å². The monoisotopic (exact) mass is 371 g/mol. The van der Waals surface area contributed by atoms with Crippen LogP contribution in [0.3, 0.4) is 0 Å². The van der Waals surface area contributed by atoms with E-state index in [0.717, 1.165) is 18.3 Å². The molecule has 0 saturated heterocycles. The van der Waals surface area contributed by atoms with E-state index in [1.165, 1.54) is 31.2 Å². The third-order valence-corrected chi connectivity index (χ3v) is 4.60. The van der Waals surface area contributed by atoms with Crippen molar-refractivity contribution in [1.29, 1.82) is 0 Å². The van der Waals surface area contributed by atoms with Gasteiger partial charge >= 0.3 is 0 Å². The van der Waals surface area contributed by atoms with Crippen molar-refractivity contribution in [2.45, 2.75) is 11.8 Å². The molecule has 0 saturated carbocycles. The third kappa shape index (κ3) is 3.87. The second-order valence-electron chi connectivity index (χ2n) is 4.69. The highest BCUT2D eigenvalue weighted by atomic mass is 35.5. The Labute approximate surface area is 142 Å². The number of halogens is 2. The number of nitro benzene ring substituents is 1. The van der Waals surface area contributed by atoms with E-state index in [1.807, 2.05) is 4.83 Å². The summed E-state index contributed by atoms with van der Waals surface area (Å²) in [5.74, 6) is -0.670. The van der Waals surface area contributed by atoms with Gasteiger partial charge in [-0.15, -0.1) is 0 Å². The summed E-state index contributed by atoms with van der Waals surface area (Å²) in [6.07, 6.45) is 0.915. The standard InChI is InChI=1S/C14H11ClFN3O4S/c1-9-5-6-10(7-14(9)19(20)21)24(22,23)18-17-8-11-12(15)3-2-4-13(11)16/h2-8,18H,1H3/b17-8-. The minimum Gasteiger partial charge on any atom is -0.258 e. The van der Waals surface area contributed by atoms with Gasteiger partial charge in [0.1, 0.15) is 5.82 Å². The van der Waals surface area contributed by atoms with Gasteiger partial charge in [-0.1, -0.05) is 23.7 Å². The van der Waals surface area contributed by atoms with Gasteiger partial charge in [0.2, 0.25) is 0 Å². The molecule has 2 aromatic carbocycles. The van der Waals surface area contributed by atoms with Crippen molar-refractivity contribution in [3.63, 3.8) is 0 Å². The van der Waals surface area contributed by atoms with Gasteiger partial charge in [0.15, 0.2) is 0 Å². The van der Waals surface area contributed by atoms with E-state index in [4.69, 9.17) is 11.6 Å². The van der Waals surface area contributed by atoms with Crippen molar-refractivity contribution >= 4 is 33.5 Å². The molecule has 7 nitrogen and oxygen atoms in total. The Balaban J connectivity index is 2.28. The number of nitro groups is 1. The number of aryl methyl sites for hydroxylation is 1. The van der Waals surface area contributed by atoms with E-state index in [9.17, 15) is 22.9 Å². The molecule has 0 amide bonds. The molecular formula is C14H11ClFN3O4S. The van der Waals surface area contributed by atoms with Gasteiger partial charge in [0, 0.05) is 17.2 Å². The maximum atomic E-state index is 13.6. The Morgan fingerprint density at radius 2 is 2.04 bits per heavy atom. The second-order valence-corrected chi connectivity index (χ2v) is 6.76. The lowest BCUT2D eigenvalue weighted by molar-refractivity contribution is -0.385. The first-order chi connectivity index (χ1) is 11.2. The molecule has 2 aromatic rings. The molecule has 0 aromatic heterocycles. The molecule has 0 aliphatic carbocycles. The summed E-state index contributed by atoms with van der Waals surface area (Å²) in [5.41, 5.74) is -0.101. The highest BCUT2D eigenvalue weighted by Gasteiger charge is 2.19. The van der Waals surface area contributed by atoms with E-state index >= 15 is 0 Å². The van der Waals surface area contributed by atoms with Crippen LogP contribution in [0.25, 0.3) is 0 Å². The first-order valence-electron chi connectivity index (χ1n) is 6.46. The number of nitrogens with one attached hydrogen (secondary N) is 1. The SMILES string of the molecule is Cc1ccc(S(=O)(=O)N/N=C\c2c(F)cccc2Cl)cc1[N+](=O)[O-]. The summed E-state index contributed by atoms with van der Waals surface area (Å²) in [6, 6.07) is 7.39. The molecule has 1 N–H and O–H groups in total. The number of benzene rings is 2. The smallest absolute Gasteiger partial charge is 0.258 e. The zero-order chi connectivity index (χ0) is 17.9. The van der Waals surface area contributed by atoms with Gasteiger partial charge in [0.25, 0.3) is 15.7 Å². The number of hydrogen-bond donors (Lipinski definition) is 1. The summed E-state index contributed by atoms with van der Waals surface area (Å²) in [7, 11) is -4.15. The first-order valence-corrected chi connectivity index (χ1v) is 8.32. The molecule has 0 atom stereocenters. The summed E-state index contributed by atoms with van der Waals surface area (Å²) < 4.78 is 37.8. The van der Waals surface area contributed by atoms with Crippen LogP contribution < -0.4 is 4.83 Å². The van der Waals surface area contributed by atoms with Crippen LogP contribution in [0.2, 0.25) is 5.02 Å². The average molecular weight is 372 g/mol. The third-order valence-electron chi connectivity index (χ3n) is 3.05. The van der Waals surface area contributed by atoms with Crippen LogP contribution in [0, 0.1) is 22.9 Å². The zero-order valence-electron chi connectivity index (χ0n) is 12.2. The van der Waals surface area contributed by atoms with E-state index < -0.39 is 20.8 Å². The highest BCUT2D eigenvalue weighted by molar-refractivity contribution is 7.89. The zero-order valence-corrected chi connectivity index (χ0v) is 13.8. The molecule has 10 heteroatoms. The van der Waals surface area contributed by atoms with Crippen LogP contribution in [0.5, 0.6) is 0 Å². The van der Waals surface area contributed by atoms with Gasteiger partial charge in [-0.2, -0.15) is 13.5 Å². The molecule has 0 aliphatic heterocycles. The van der Waals surface area contributed by atoms with Crippen LogP contribution in [-0.4, -0.2) is 19.6 Å². The number of hydrogen-bond acceptors (Lipinski definition) is 5. The summed E-state index contributed by atoms with van der Waals surface area (Å²) >= 11 is 5.79. The van der Waals surface area contributed by atoms with Gasteiger partial charge in [0.05, 0.1) is 21.1 Å². The fourth-order valence-corrected chi connectivity index (χ4v) is 2.82. The Morgan fingerprint density at radius 3 is 2.67 bits per heavy atom. The van der Waals surface area contributed by atoms with Crippen LogP contribution in [0.1, 0.15) is 11.1 Å². The van der Waals surface area contributed by atoms with Crippen LogP contribution in [0.15, 0.2) is 46.4 Å². The molecule has 0 bridgehead atoms. The topological polar surface area (TPSA) is 102 Å². The predicted molar refractivity (Wildman–Crippen MR) is 87.2 cm³/mol. The Kier molecular flexibility index (Phi) is 5.15. The summed E-state index contributed by atoms with van der Waals surface area (Å²) in [4.78, 5) is 11.7. The number of sulfonamides is 1. The number of nitrogens with zero attached hydrogens (tertiary/aromatic N) is 2. The van der Waals surface area contributed by atoms with Crippen LogP contribution in [0.4, 0.5) is 10.1 Å². The van der Waals surface area contributed by atoms with Crippen LogP contribution >= 0.6 is 11.6 Å². The highest BCUT2D eigenvalue weighted by Crippen LogP contribution is 2.22. The maximum Gasteiger partial charge on any atom is 0.276 e. The minimum absolute atomic E-state index is 0.0592. The average Bonchev–Trinajstić information content (AvgIpc) is 2.50. The molecule has 0 fully saturated rings.